The van der Waals surface area contributed by atoms with Crippen molar-refractivity contribution in [3.8, 4) is 17.2 Å². The number of aryl methyl sites for hydroxylation is 1. The number of rotatable bonds is 9. The monoisotopic (exact) mass is 497 g/mol. The lowest BCUT2D eigenvalue weighted by Crippen LogP contribution is -2.41. The van der Waals surface area contributed by atoms with Gasteiger partial charge in [-0.15, -0.1) is 0 Å². The van der Waals surface area contributed by atoms with Gasteiger partial charge in [0.1, 0.15) is 12.9 Å². The molecule has 1 saturated carbocycles. The highest BCUT2D eigenvalue weighted by Gasteiger charge is 2.35. The fraction of sp³-hybridized carbons (Fsp3) is 0.321. The van der Waals surface area contributed by atoms with Crippen LogP contribution >= 0.6 is 0 Å². The molecule has 0 bridgehead atoms. The standard InChI is InChI=1S/C28H27N5O4/c1-2-5-25-24(12-18-8-10-19(11-9-18)23-7-4-3-6-20(23)15-29)27(36)32(28-30-17-31-33(25)28)21-13-22(14-21)37-16-26(34)35/h3-4,6-11,17,21-22H,2,5,12-14,16H2,1H3,(H,34,35)/t21-,22-. The van der Waals surface area contributed by atoms with E-state index < -0.39 is 5.97 Å². The number of nitrogens with zero attached hydrogens (tertiary/aromatic N) is 5. The molecule has 2 aromatic heterocycles. The molecule has 0 aliphatic heterocycles. The quantitative estimate of drug-likeness (QED) is 0.373. The molecule has 0 unspecified atom stereocenters. The van der Waals surface area contributed by atoms with Crippen LogP contribution < -0.4 is 5.56 Å². The van der Waals surface area contributed by atoms with E-state index in [1.165, 1.54) is 6.33 Å². The molecule has 2 heterocycles. The topological polar surface area (TPSA) is 123 Å². The van der Waals surface area contributed by atoms with Crippen molar-refractivity contribution < 1.29 is 14.6 Å². The highest BCUT2D eigenvalue weighted by molar-refractivity contribution is 5.70. The van der Waals surface area contributed by atoms with Crippen molar-refractivity contribution in [3.63, 3.8) is 0 Å². The lowest BCUT2D eigenvalue weighted by molar-refractivity contribution is -0.147. The van der Waals surface area contributed by atoms with Crippen LogP contribution in [0.4, 0.5) is 0 Å². The lowest BCUT2D eigenvalue weighted by atomic mass is 9.88. The van der Waals surface area contributed by atoms with Gasteiger partial charge in [-0.2, -0.15) is 15.3 Å². The van der Waals surface area contributed by atoms with Gasteiger partial charge in [0.25, 0.3) is 5.56 Å². The van der Waals surface area contributed by atoms with E-state index in [-0.39, 0.29) is 24.3 Å². The Balaban J connectivity index is 1.48. The Bertz CT molecular complexity index is 1540. The summed E-state index contributed by atoms with van der Waals surface area (Å²) in [5.41, 5.74) is 4.86. The van der Waals surface area contributed by atoms with Gasteiger partial charge in [0.2, 0.25) is 5.78 Å². The molecule has 0 radical (unpaired) electrons. The van der Waals surface area contributed by atoms with Crippen molar-refractivity contribution in [2.24, 2.45) is 0 Å². The summed E-state index contributed by atoms with van der Waals surface area (Å²) in [5, 5.41) is 22.8. The number of carboxylic acid groups (broad SMARTS) is 1. The van der Waals surface area contributed by atoms with Crippen molar-refractivity contribution in [1.29, 1.82) is 5.26 Å². The number of hydrogen-bond donors (Lipinski definition) is 1. The molecule has 0 atom stereocenters. The predicted molar refractivity (Wildman–Crippen MR) is 136 cm³/mol. The number of nitriles is 1. The first kappa shape index (κ1) is 24.4. The largest absolute Gasteiger partial charge is 0.480 e. The summed E-state index contributed by atoms with van der Waals surface area (Å²) < 4.78 is 8.86. The van der Waals surface area contributed by atoms with Crippen LogP contribution in [0.25, 0.3) is 16.9 Å². The number of fused-ring (bicyclic) bond motifs is 1. The van der Waals surface area contributed by atoms with Gasteiger partial charge in [-0.05, 0) is 42.0 Å². The van der Waals surface area contributed by atoms with E-state index >= 15 is 0 Å². The summed E-state index contributed by atoms with van der Waals surface area (Å²) in [5.74, 6) is -0.504. The average molecular weight is 498 g/mol. The second-order valence-corrected chi connectivity index (χ2v) is 9.31. The van der Waals surface area contributed by atoms with E-state index in [0.29, 0.717) is 42.6 Å². The number of ether oxygens (including phenoxy) is 1. The maximum absolute atomic E-state index is 13.9. The van der Waals surface area contributed by atoms with Crippen LogP contribution in [0.3, 0.4) is 0 Å². The Morgan fingerprint density at radius 3 is 2.65 bits per heavy atom. The number of benzene rings is 2. The van der Waals surface area contributed by atoms with Gasteiger partial charge in [0.15, 0.2) is 0 Å². The molecule has 0 amide bonds. The number of carbonyl (C=O) groups is 1. The third kappa shape index (κ3) is 4.76. The van der Waals surface area contributed by atoms with Crippen LogP contribution in [0.1, 0.15) is 54.6 Å². The van der Waals surface area contributed by atoms with Crippen LogP contribution in [0.2, 0.25) is 0 Å². The van der Waals surface area contributed by atoms with E-state index in [0.717, 1.165) is 28.8 Å². The van der Waals surface area contributed by atoms with Crippen LogP contribution in [-0.2, 0) is 22.4 Å². The molecular weight excluding hydrogens is 470 g/mol. The average Bonchev–Trinajstić information content (AvgIpc) is 3.36. The molecule has 2 aromatic carbocycles. The van der Waals surface area contributed by atoms with Crippen molar-refractivity contribution in [2.45, 2.75) is 51.2 Å². The summed E-state index contributed by atoms with van der Waals surface area (Å²) >= 11 is 0. The van der Waals surface area contributed by atoms with Crippen molar-refractivity contribution in [2.75, 3.05) is 6.61 Å². The number of hydrogen-bond acceptors (Lipinski definition) is 6. The molecule has 9 nitrogen and oxygen atoms in total. The molecule has 188 valence electrons. The summed E-state index contributed by atoms with van der Waals surface area (Å²) in [6.45, 7) is 1.72. The van der Waals surface area contributed by atoms with Crippen LogP contribution in [-0.4, -0.2) is 43.0 Å². The SMILES string of the molecule is CCCc1c(Cc2ccc(-c3ccccc3C#N)cc2)c(=O)n([C@H]2C[C@H](OCC(=O)O)C2)c2ncnn12. The van der Waals surface area contributed by atoms with Gasteiger partial charge in [0.05, 0.1) is 23.4 Å². The first-order chi connectivity index (χ1) is 18.0. The second kappa shape index (κ2) is 10.4. The van der Waals surface area contributed by atoms with E-state index in [1.54, 1.807) is 15.1 Å². The van der Waals surface area contributed by atoms with Gasteiger partial charge >= 0.3 is 5.97 Å². The van der Waals surface area contributed by atoms with E-state index in [1.807, 2.05) is 42.5 Å². The fourth-order valence-corrected chi connectivity index (χ4v) is 4.99. The zero-order chi connectivity index (χ0) is 25.9. The summed E-state index contributed by atoms with van der Waals surface area (Å²) in [6, 6.07) is 17.5. The summed E-state index contributed by atoms with van der Waals surface area (Å²) in [4.78, 5) is 29.1. The Labute approximate surface area is 213 Å². The molecule has 0 saturated heterocycles. The molecule has 1 fully saturated rings. The van der Waals surface area contributed by atoms with Crippen molar-refractivity contribution in [3.05, 3.63) is 87.6 Å². The highest BCUT2D eigenvalue weighted by atomic mass is 16.5. The lowest BCUT2D eigenvalue weighted by Gasteiger charge is -2.36. The normalized spacial score (nSPS) is 16.9. The molecular formula is C28H27N5O4. The zero-order valence-corrected chi connectivity index (χ0v) is 20.5. The summed E-state index contributed by atoms with van der Waals surface area (Å²) in [7, 11) is 0. The maximum Gasteiger partial charge on any atom is 0.329 e. The third-order valence-electron chi connectivity index (χ3n) is 6.88. The Morgan fingerprint density at radius 1 is 1.19 bits per heavy atom. The first-order valence-corrected chi connectivity index (χ1v) is 12.4. The molecule has 0 spiro atoms. The molecule has 9 heteroatoms. The second-order valence-electron chi connectivity index (χ2n) is 9.31. The minimum absolute atomic E-state index is 0.0930. The Morgan fingerprint density at radius 2 is 1.95 bits per heavy atom. The van der Waals surface area contributed by atoms with Gasteiger partial charge in [-0.25, -0.2) is 9.31 Å². The third-order valence-corrected chi connectivity index (χ3v) is 6.88. The molecule has 4 aromatic rings. The van der Waals surface area contributed by atoms with Crippen LogP contribution in [0, 0.1) is 11.3 Å². The molecule has 1 aliphatic carbocycles. The number of aromatic nitrogens is 4. The molecule has 5 rings (SSSR count). The maximum atomic E-state index is 13.9. The molecule has 1 aliphatic rings. The van der Waals surface area contributed by atoms with Crippen molar-refractivity contribution >= 4 is 11.7 Å². The van der Waals surface area contributed by atoms with E-state index in [4.69, 9.17) is 9.84 Å². The van der Waals surface area contributed by atoms with E-state index in [2.05, 4.69) is 23.1 Å². The summed E-state index contributed by atoms with van der Waals surface area (Å²) in [6.07, 6.45) is 4.35. The van der Waals surface area contributed by atoms with Gasteiger partial charge in [-0.3, -0.25) is 9.36 Å². The molecule has 37 heavy (non-hydrogen) atoms. The fourth-order valence-electron chi connectivity index (χ4n) is 4.99. The zero-order valence-electron chi connectivity index (χ0n) is 20.5. The molecule has 1 N–H and O–H groups in total. The van der Waals surface area contributed by atoms with Gasteiger partial charge < -0.3 is 9.84 Å². The Kier molecular flexibility index (Phi) is 6.84. The smallest absolute Gasteiger partial charge is 0.329 e. The minimum Gasteiger partial charge on any atom is -0.480 e. The van der Waals surface area contributed by atoms with Gasteiger partial charge in [0, 0.05) is 18.0 Å². The Hall–Kier alpha value is -4.29. The number of carboxylic acids is 1. The highest BCUT2D eigenvalue weighted by Crippen LogP contribution is 2.35. The van der Waals surface area contributed by atoms with Crippen LogP contribution in [0.15, 0.2) is 59.7 Å². The first-order valence-electron chi connectivity index (χ1n) is 12.4. The van der Waals surface area contributed by atoms with Crippen molar-refractivity contribution in [1.82, 2.24) is 19.2 Å². The predicted octanol–water partition coefficient (Wildman–Crippen LogP) is 3.78. The van der Waals surface area contributed by atoms with E-state index in [9.17, 15) is 14.9 Å². The number of aliphatic carboxylic acids is 1. The van der Waals surface area contributed by atoms with Gasteiger partial charge in [-0.1, -0.05) is 55.8 Å². The minimum atomic E-state index is -1.01. The van der Waals surface area contributed by atoms with Crippen LogP contribution in [0.5, 0.6) is 0 Å².